The Morgan fingerprint density at radius 1 is 1.40 bits per heavy atom. The average molecular weight is 435 g/mol. The Balaban J connectivity index is 2.33. The highest BCUT2D eigenvalue weighted by molar-refractivity contribution is 6.45. The first-order valence-electron chi connectivity index (χ1n) is 10.3. The van der Waals surface area contributed by atoms with Gasteiger partial charge in [0.05, 0.1) is 17.4 Å². The molecule has 4 atom stereocenters. The molecule has 1 aliphatic carbocycles. The predicted octanol–water partition coefficient (Wildman–Crippen LogP) is 4.51. The molecule has 6 heteroatoms. The van der Waals surface area contributed by atoms with Gasteiger partial charge in [-0.25, -0.2) is 0 Å². The highest BCUT2D eigenvalue weighted by atomic mass is 35.5. The number of aliphatic hydroxyl groups excluding tert-OH is 1. The summed E-state index contributed by atoms with van der Waals surface area (Å²) in [6.07, 6.45) is 9.11. The van der Waals surface area contributed by atoms with Crippen molar-refractivity contribution in [3.8, 4) is 0 Å². The summed E-state index contributed by atoms with van der Waals surface area (Å²) >= 11 is 6.30. The number of Topliss-reactive ketones (excluding diaryl/α,β-unsaturated/α-hetero) is 2. The van der Waals surface area contributed by atoms with Crippen LogP contribution in [0.2, 0.25) is 0 Å². The summed E-state index contributed by atoms with van der Waals surface area (Å²) in [6, 6.07) is 0. The minimum Gasteiger partial charge on any atom is -0.465 e. The first kappa shape index (κ1) is 24.3. The zero-order valence-electron chi connectivity index (χ0n) is 18.2. The van der Waals surface area contributed by atoms with E-state index < -0.39 is 23.4 Å². The van der Waals surface area contributed by atoms with Crippen LogP contribution in [0.4, 0.5) is 0 Å². The zero-order chi connectivity index (χ0) is 22.6. The van der Waals surface area contributed by atoms with E-state index in [1.54, 1.807) is 12.2 Å². The lowest BCUT2D eigenvalue weighted by molar-refractivity contribution is -0.137. The van der Waals surface area contributed by atoms with Crippen molar-refractivity contribution >= 4 is 23.2 Å². The van der Waals surface area contributed by atoms with E-state index in [-0.39, 0.29) is 23.7 Å². The highest BCUT2D eigenvalue weighted by Crippen LogP contribution is 2.44. The van der Waals surface area contributed by atoms with E-state index in [4.69, 9.17) is 16.3 Å². The predicted molar refractivity (Wildman–Crippen MR) is 118 cm³/mol. The first-order valence-corrected chi connectivity index (χ1v) is 10.7. The van der Waals surface area contributed by atoms with E-state index in [9.17, 15) is 19.8 Å². The summed E-state index contributed by atoms with van der Waals surface area (Å²) in [6.45, 7) is 9.16. The molecule has 4 unspecified atom stereocenters. The second kappa shape index (κ2) is 9.90. The standard InChI is InChI=1S/C24H31ClO5/c1-6-14(2)9-15(3)7-8-18-12-19-20(13-30-18)21(11-17(27)10-16(4)26)24(5,29)23(28)22(19)25/h7-9,12-14,16,21,26,29H,6,10-11H2,1-5H3. The van der Waals surface area contributed by atoms with Crippen LogP contribution in [-0.2, 0) is 14.3 Å². The Kier molecular flexibility index (Phi) is 8.03. The van der Waals surface area contributed by atoms with Crippen LogP contribution in [0.25, 0.3) is 0 Å². The molecule has 2 N–H and O–H groups in total. The van der Waals surface area contributed by atoms with Crippen LogP contribution in [0.5, 0.6) is 0 Å². The van der Waals surface area contributed by atoms with Crippen molar-refractivity contribution in [3.05, 3.63) is 58.1 Å². The van der Waals surface area contributed by atoms with Gasteiger partial charge in [0.2, 0.25) is 5.78 Å². The van der Waals surface area contributed by atoms with Crippen molar-refractivity contribution in [2.75, 3.05) is 0 Å². The molecule has 30 heavy (non-hydrogen) atoms. The van der Waals surface area contributed by atoms with Crippen LogP contribution < -0.4 is 0 Å². The van der Waals surface area contributed by atoms with Crippen LogP contribution in [0.3, 0.4) is 0 Å². The number of aliphatic hydroxyl groups is 2. The summed E-state index contributed by atoms with van der Waals surface area (Å²) in [4.78, 5) is 25.0. The molecular weight excluding hydrogens is 404 g/mol. The molecule has 0 aromatic rings. The van der Waals surface area contributed by atoms with E-state index >= 15 is 0 Å². The number of fused-ring (bicyclic) bond motifs is 1. The molecule has 0 aromatic heterocycles. The Bertz CT molecular complexity index is 855. The van der Waals surface area contributed by atoms with Gasteiger partial charge in [0.25, 0.3) is 0 Å². The van der Waals surface area contributed by atoms with Gasteiger partial charge in [-0.2, -0.15) is 0 Å². The van der Waals surface area contributed by atoms with Crippen molar-refractivity contribution in [1.29, 1.82) is 0 Å². The Labute approximate surface area is 183 Å². The maximum Gasteiger partial charge on any atom is 0.206 e. The second-order valence-electron chi connectivity index (χ2n) is 8.42. The molecule has 0 fully saturated rings. The van der Waals surface area contributed by atoms with Gasteiger partial charge >= 0.3 is 0 Å². The van der Waals surface area contributed by atoms with E-state index in [1.807, 2.05) is 13.0 Å². The van der Waals surface area contributed by atoms with Gasteiger partial charge in [-0.05, 0) is 38.8 Å². The molecule has 0 saturated heterocycles. The fraction of sp³-hybridized carbons (Fsp3) is 0.500. The molecule has 0 spiro atoms. The van der Waals surface area contributed by atoms with Crippen LogP contribution in [-0.4, -0.2) is 33.5 Å². The smallest absolute Gasteiger partial charge is 0.206 e. The SMILES string of the molecule is CCC(C)C=C(C)C=CC1=CC2=C(Cl)C(=O)C(C)(O)C(CC(=O)CC(C)O)C2=CO1. The van der Waals surface area contributed by atoms with Gasteiger partial charge in [0, 0.05) is 29.9 Å². The topological polar surface area (TPSA) is 83.8 Å². The number of allylic oxidation sites excluding steroid dienone is 6. The lowest BCUT2D eigenvalue weighted by Crippen LogP contribution is -2.48. The van der Waals surface area contributed by atoms with Crippen molar-refractivity contribution < 1.29 is 24.5 Å². The molecule has 0 bridgehead atoms. The fourth-order valence-electron chi connectivity index (χ4n) is 3.59. The number of halogens is 1. The minimum absolute atomic E-state index is 0.0483. The van der Waals surface area contributed by atoms with Gasteiger partial charge in [0.15, 0.2) is 0 Å². The second-order valence-corrected chi connectivity index (χ2v) is 8.80. The van der Waals surface area contributed by atoms with E-state index in [2.05, 4.69) is 19.9 Å². The number of ketones is 2. The van der Waals surface area contributed by atoms with Crippen LogP contribution in [0, 0.1) is 11.8 Å². The number of carbonyl (C=O) groups excluding carboxylic acids is 2. The molecule has 5 nitrogen and oxygen atoms in total. The summed E-state index contributed by atoms with van der Waals surface area (Å²) < 4.78 is 5.71. The number of hydrogen-bond donors (Lipinski definition) is 2. The van der Waals surface area contributed by atoms with Crippen LogP contribution in [0.15, 0.2) is 58.1 Å². The van der Waals surface area contributed by atoms with Gasteiger partial charge in [-0.1, -0.05) is 49.6 Å². The maximum atomic E-state index is 12.7. The third-order valence-electron chi connectivity index (χ3n) is 5.53. The summed E-state index contributed by atoms with van der Waals surface area (Å²) in [5.41, 5.74) is 0.221. The van der Waals surface area contributed by atoms with Gasteiger partial charge < -0.3 is 14.9 Å². The summed E-state index contributed by atoms with van der Waals surface area (Å²) in [5.74, 6) is -0.699. The molecule has 164 valence electrons. The molecule has 0 aromatic carbocycles. The van der Waals surface area contributed by atoms with Crippen LogP contribution in [0.1, 0.15) is 53.9 Å². The number of carbonyl (C=O) groups is 2. The van der Waals surface area contributed by atoms with Gasteiger partial charge in [0.1, 0.15) is 17.1 Å². The largest absolute Gasteiger partial charge is 0.465 e. The van der Waals surface area contributed by atoms with E-state index in [0.29, 0.717) is 22.8 Å². The molecule has 0 saturated carbocycles. The average Bonchev–Trinajstić information content (AvgIpc) is 2.67. The minimum atomic E-state index is -1.83. The molecule has 2 rings (SSSR count). The molecule has 1 aliphatic heterocycles. The van der Waals surface area contributed by atoms with Gasteiger partial charge in [-0.3, -0.25) is 9.59 Å². The number of rotatable bonds is 8. The number of ether oxygens (including phenoxy) is 1. The quantitative estimate of drug-likeness (QED) is 0.549. The fourth-order valence-corrected chi connectivity index (χ4v) is 3.95. The molecular formula is C24H31ClO5. The molecule has 1 heterocycles. The zero-order valence-corrected chi connectivity index (χ0v) is 19.0. The normalized spacial score (nSPS) is 26.7. The Hall–Kier alpha value is -1.95. The van der Waals surface area contributed by atoms with Crippen molar-refractivity contribution in [2.45, 2.75) is 65.6 Å². The first-order chi connectivity index (χ1) is 14.0. The maximum absolute atomic E-state index is 12.7. The van der Waals surface area contributed by atoms with Crippen molar-refractivity contribution in [3.63, 3.8) is 0 Å². The van der Waals surface area contributed by atoms with Gasteiger partial charge in [-0.15, -0.1) is 0 Å². The molecule has 2 aliphatic rings. The number of hydrogen-bond acceptors (Lipinski definition) is 5. The van der Waals surface area contributed by atoms with Crippen LogP contribution >= 0.6 is 11.6 Å². The third-order valence-corrected chi connectivity index (χ3v) is 5.90. The third kappa shape index (κ3) is 5.60. The molecule has 0 amide bonds. The molecule has 0 radical (unpaired) electrons. The summed E-state index contributed by atoms with van der Waals surface area (Å²) in [7, 11) is 0. The van der Waals surface area contributed by atoms with Crippen molar-refractivity contribution in [1.82, 2.24) is 0 Å². The lowest BCUT2D eigenvalue weighted by atomic mass is 9.70. The monoisotopic (exact) mass is 434 g/mol. The Morgan fingerprint density at radius 3 is 2.67 bits per heavy atom. The Morgan fingerprint density at radius 2 is 2.07 bits per heavy atom. The lowest BCUT2D eigenvalue weighted by Gasteiger charge is -2.38. The van der Waals surface area contributed by atoms with E-state index in [1.165, 1.54) is 20.1 Å². The van der Waals surface area contributed by atoms with Crippen molar-refractivity contribution in [2.24, 2.45) is 11.8 Å². The summed E-state index contributed by atoms with van der Waals surface area (Å²) in [5, 5.41) is 20.2. The van der Waals surface area contributed by atoms with E-state index in [0.717, 1.165) is 12.0 Å². The highest BCUT2D eigenvalue weighted by Gasteiger charge is 2.49.